The molecule has 0 aliphatic carbocycles. The topological polar surface area (TPSA) is 46.2 Å². The lowest BCUT2D eigenvalue weighted by atomic mass is 10.4. The van der Waals surface area contributed by atoms with Gasteiger partial charge in [0.25, 0.3) is 10.0 Å². The third-order valence-electron chi connectivity index (χ3n) is 1.56. The summed E-state index contributed by atoms with van der Waals surface area (Å²) in [6, 6.07) is 0. The van der Waals surface area contributed by atoms with Gasteiger partial charge in [-0.25, -0.2) is 8.42 Å². The van der Waals surface area contributed by atoms with E-state index in [4.69, 9.17) is 0 Å². The maximum absolute atomic E-state index is 11.8. The summed E-state index contributed by atoms with van der Waals surface area (Å²) in [4.78, 5) is 0.0410. The molecule has 0 aromatic rings. The summed E-state index contributed by atoms with van der Waals surface area (Å²) in [7, 11) is -3.63. The summed E-state index contributed by atoms with van der Waals surface area (Å²) in [6.07, 6.45) is 8.31. The van der Waals surface area contributed by atoms with Gasteiger partial charge >= 0.3 is 0 Å². The lowest BCUT2D eigenvalue weighted by Gasteiger charge is -2.08. The zero-order valence-electron chi connectivity index (χ0n) is 9.02. The predicted octanol–water partition coefficient (Wildman–Crippen LogP) is 2.42. The van der Waals surface area contributed by atoms with Crippen molar-refractivity contribution >= 4 is 10.0 Å². The molecule has 16 heavy (non-hydrogen) atoms. The fourth-order valence-corrected chi connectivity index (χ4v) is 1.94. The van der Waals surface area contributed by atoms with Gasteiger partial charge in [-0.3, -0.25) is 4.72 Å². The second-order valence-corrected chi connectivity index (χ2v) is 4.36. The van der Waals surface area contributed by atoms with E-state index in [0.717, 1.165) is 0 Å². The number of sulfonamides is 1. The first-order chi connectivity index (χ1) is 7.51. The van der Waals surface area contributed by atoms with E-state index < -0.39 is 10.0 Å². The van der Waals surface area contributed by atoms with Crippen LogP contribution in [0.5, 0.6) is 0 Å². The Balaban J connectivity index is 5.23. The van der Waals surface area contributed by atoms with Crippen LogP contribution in [-0.2, 0) is 10.0 Å². The molecule has 0 aliphatic heterocycles. The molecule has 0 unspecified atom stereocenters. The van der Waals surface area contributed by atoms with Gasteiger partial charge in [-0.2, -0.15) is 0 Å². The number of rotatable bonds is 7. The molecule has 0 amide bonds. The monoisotopic (exact) mass is 237 g/mol. The highest BCUT2D eigenvalue weighted by molar-refractivity contribution is 7.93. The van der Waals surface area contributed by atoms with E-state index in [-0.39, 0.29) is 4.91 Å². The second-order valence-electron chi connectivity index (χ2n) is 2.68. The van der Waals surface area contributed by atoms with Crippen LogP contribution < -0.4 is 4.72 Å². The van der Waals surface area contributed by atoms with Gasteiger partial charge < -0.3 is 0 Å². The zero-order chi connectivity index (χ0) is 12.6. The fraction of sp³-hybridized carbons (Fsp3) is 0. The smallest absolute Gasteiger partial charge is 0.261 e. The molecular weight excluding hydrogens is 222 g/mol. The lowest BCUT2D eigenvalue weighted by molar-refractivity contribution is 0.596. The third-order valence-corrected chi connectivity index (χ3v) is 2.99. The molecule has 0 aromatic carbocycles. The van der Waals surface area contributed by atoms with Crippen molar-refractivity contribution in [3.05, 3.63) is 73.4 Å². The van der Waals surface area contributed by atoms with Crippen molar-refractivity contribution in [2.24, 2.45) is 0 Å². The van der Waals surface area contributed by atoms with E-state index in [1.54, 1.807) is 0 Å². The summed E-state index contributed by atoms with van der Waals surface area (Å²) in [5.41, 5.74) is 0.340. The quantitative estimate of drug-likeness (QED) is 0.691. The number of allylic oxidation sites excluding steroid dienone is 6. The minimum atomic E-state index is -3.63. The SMILES string of the molecule is C=C/C=C(\C=C)NS(=O)(=O)/C(C=C)=C/C=C. The average molecular weight is 237 g/mol. The maximum atomic E-state index is 11.8. The molecule has 0 atom stereocenters. The minimum absolute atomic E-state index is 0.0410. The molecule has 0 saturated carbocycles. The van der Waals surface area contributed by atoms with E-state index in [1.807, 2.05) is 0 Å². The van der Waals surface area contributed by atoms with E-state index in [2.05, 4.69) is 31.0 Å². The Hall–Kier alpha value is -1.81. The highest BCUT2D eigenvalue weighted by Crippen LogP contribution is 2.08. The fourth-order valence-electron chi connectivity index (χ4n) is 0.868. The highest BCUT2D eigenvalue weighted by Gasteiger charge is 2.13. The number of hydrogen-bond acceptors (Lipinski definition) is 2. The summed E-state index contributed by atoms with van der Waals surface area (Å²) >= 11 is 0. The molecule has 0 aromatic heterocycles. The van der Waals surface area contributed by atoms with Crippen LogP contribution in [0.1, 0.15) is 0 Å². The molecule has 0 saturated heterocycles. The Morgan fingerprint density at radius 3 is 1.88 bits per heavy atom. The molecule has 0 aliphatic rings. The Morgan fingerprint density at radius 1 is 0.938 bits per heavy atom. The molecule has 0 rings (SSSR count). The van der Waals surface area contributed by atoms with Crippen LogP contribution in [0.15, 0.2) is 73.4 Å². The van der Waals surface area contributed by atoms with E-state index in [1.165, 1.54) is 36.5 Å². The Labute approximate surface area is 96.9 Å². The van der Waals surface area contributed by atoms with Gasteiger partial charge in [0.15, 0.2) is 0 Å². The van der Waals surface area contributed by atoms with Crippen LogP contribution in [0.4, 0.5) is 0 Å². The average Bonchev–Trinajstić information content (AvgIpc) is 2.24. The van der Waals surface area contributed by atoms with Gasteiger partial charge in [0.05, 0.1) is 4.91 Å². The number of nitrogens with one attached hydrogen (secondary N) is 1. The van der Waals surface area contributed by atoms with Crippen LogP contribution in [0.2, 0.25) is 0 Å². The maximum Gasteiger partial charge on any atom is 0.261 e. The first-order valence-electron chi connectivity index (χ1n) is 4.45. The van der Waals surface area contributed by atoms with Crippen molar-refractivity contribution in [3.8, 4) is 0 Å². The Bertz CT molecular complexity index is 453. The van der Waals surface area contributed by atoms with Crippen molar-refractivity contribution in [1.29, 1.82) is 0 Å². The third kappa shape index (κ3) is 4.14. The summed E-state index contributed by atoms with van der Waals surface area (Å²) in [5, 5.41) is 0. The summed E-state index contributed by atoms with van der Waals surface area (Å²) in [6.45, 7) is 13.8. The standard InChI is InChI=1S/C12H15NO2S/c1-5-9-11(7-3)13-16(14,15)12(8-4)10-6-2/h5-10,13H,1-4H2/b11-9+,12-10+. The van der Waals surface area contributed by atoms with Gasteiger partial charge in [0.2, 0.25) is 0 Å². The van der Waals surface area contributed by atoms with Gasteiger partial charge in [0.1, 0.15) is 0 Å². The molecule has 1 N–H and O–H groups in total. The van der Waals surface area contributed by atoms with Gasteiger partial charge in [-0.1, -0.05) is 38.5 Å². The molecule has 0 fully saturated rings. The molecule has 0 heterocycles. The molecule has 86 valence electrons. The van der Waals surface area contributed by atoms with Crippen molar-refractivity contribution in [2.75, 3.05) is 0 Å². The first kappa shape index (κ1) is 14.2. The summed E-state index contributed by atoms with van der Waals surface area (Å²) in [5.74, 6) is 0. The molecule has 0 spiro atoms. The molecule has 0 radical (unpaired) electrons. The normalized spacial score (nSPS) is 12.8. The van der Waals surface area contributed by atoms with Crippen LogP contribution >= 0.6 is 0 Å². The van der Waals surface area contributed by atoms with Crippen molar-refractivity contribution in [2.45, 2.75) is 0 Å². The Morgan fingerprint density at radius 2 is 1.50 bits per heavy atom. The highest BCUT2D eigenvalue weighted by atomic mass is 32.2. The van der Waals surface area contributed by atoms with Crippen molar-refractivity contribution < 1.29 is 8.42 Å². The molecular formula is C12H15NO2S. The predicted molar refractivity (Wildman–Crippen MR) is 69.0 cm³/mol. The lowest BCUT2D eigenvalue weighted by Crippen LogP contribution is -2.22. The van der Waals surface area contributed by atoms with Gasteiger partial charge in [-0.15, -0.1) is 0 Å². The summed E-state index contributed by atoms with van der Waals surface area (Å²) < 4.78 is 25.9. The second kappa shape index (κ2) is 6.63. The van der Waals surface area contributed by atoms with Gasteiger partial charge in [-0.05, 0) is 24.3 Å². The largest absolute Gasteiger partial charge is 0.280 e. The minimum Gasteiger partial charge on any atom is -0.280 e. The van der Waals surface area contributed by atoms with Crippen LogP contribution in [0.25, 0.3) is 0 Å². The molecule has 3 nitrogen and oxygen atoms in total. The van der Waals surface area contributed by atoms with Gasteiger partial charge in [0, 0.05) is 5.70 Å². The number of hydrogen-bond donors (Lipinski definition) is 1. The molecule has 0 bridgehead atoms. The zero-order valence-corrected chi connectivity index (χ0v) is 9.83. The van der Waals surface area contributed by atoms with E-state index in [0.29, 0.717) is 5.70 Å². The van der Waals surface area contributed by atoms with Crippen LogP contribution in [0.3, 0.4) is 0 Å². The Kier molecular flexibility index (Phi) is 5.88. The van der Waals surface area contributed by atoms with E-state index >= 15 is 0 Å². The van der Waals surface area contributed by atoms with Crippen LogP contribution in [0, 0.1) is 0 Å². The van der Waals surface area contributed by atoms with E-state index in [9.17, 15) is 8.42 Å². The van der Waals surface area contributed by atoms with Crippen LogP contribution in [-0.4, -0.2) is 8.42 Å². The van der Waals surface area contributed by atoms with Crippen molar-refractivity contribution in [1.82, 2.24) is 4.72 Å². The first-order valence-corrected chi connectivity index (χ1v) is 5.93. The molecule has 4 heteroatoms. The van der Waals surface area contributed by atoms with Crippen molar-refractivity contribution in [3.63, 3.8) is 0 Å².